The molecule has 47 heavy (non-hydrogen) atoms. The van der Waals surface area contributed by atoms with Gasteiger partial charge in [0.2, 0.25) is 23.6 Å². The van der Waals surface area contributed by atoms with Crippen LogP contribution >= 0.6 is 0 Å². The van der Waals surface area contributed by atoms with Crippen LogP contribution in [0.3, 0.4) is 0 Å². The molecule has 1 aliphatic carbocycles. The Hall–Kier alpha value is -4.94. The van der Waals surface area contributed by atoms with Gasteiger partial charge in [0.1, 0.15) is 31.3 Å². The number of hydrogen-bond acceptors (Lipinski definition) is 7. The summed E-state index contributed by atoms with van der Waals surface area (Å²) in [5, 5.41) is 19.5. The molecule has 252 valence electrons. The molecule has 2 aromatic carbocycles. The van der Waals surface area contributed by atoms with Crippen LogP contribution in [0, 0.1) is 11.8 Å². The number of rotatable bonds is 13. The first-order valence-corrected chi connectivity index (χ1v) is 15.9. The molecule has 2 aromatic rings. The lowest BCUT2D eigenvalue weighted by Gasteiger charge is -2.29. The van der Waals surface area contributed by atoms with Crippen molar-refractivity contribution < 1.29 is 38.6 Å². The molecular weight excluding hydrogens is 606 g/mol. The zero-order valence-corrected chi connectivity index (χ0v) is 27.1. The van der Waals surface area contributed by atoms with Crippen LogP contribution in [0.2, 0.25) is 0 Å². The summed E-state index contributed by atoms with van der Waals surface area (Å²) in [6.07, 6.45) is 0.127. The summed E-state index contributed by atoms with van der Waals surface area (Å²) >= 11 is 0. The molecule has 0 saturated carbocycles. The van der Waals surface area contributed by atoms with E-state index < -0.39 is 66.9 Å². The van der Waals surface area contributed by atoms with E-state index in [2.05, 4.69) is 21.3 Å². The minimum Gasteiger partial charge on any atom is -0.480 e. The van der Waals surface area contributed by atoms with Crippen LogP contribution in [0.1, 0.15) is 57.6 Å². The molecule has 3 atom stereocenters. The van der Waals surface area contributed by atoms with Crippen molar-refractivity contribution in [2.75, 3.05) is 26.2 Å². The molecule has 1 aliphatic heterocycles. The average Bonchev–Trinajstić information content (AvgIpc) is 3.66. The van der Waals surface area contributed by atoms with Gasteiger partial charge in [0.15, 0.2) is 0 Å². The second-order valence-corrected chi connectivity index (χ2v) is 12.5. The lowest BCUT2D eigenvalue weighted by atomic mass is 9.98. The number of fused-ring (bicyclic) bond motifs is 3. The molecule has 0 aromatic heterocycles. The van der Waals surface area contributed by atoms with Crippen LogP contribution in [-0.2, 0) is 28.7 Å². The molecule has 1 heterocycles. The Balaban J connectivity index is 1.23. The highest BCUT2D eigenvalue weighted by Gasteiger charge is 2.38. The molecule has 13 heteroatoms. The molecule has 5 N–H and O–H groups in total. The van der Waals surface area contributed by atoms with Gasteiger partial charge in [-0.3, -0.25) is 19.2 Å². The first kappa shape index (κ1) is 34.9. The lowest BCUT2D eigenvalue weighted by Crippen LogP contribution is -2.56. The van der Waals surface area contributed by atoms with Crippen molar-refractivity contribution >= 4 is 35.7 Å². The lowest BCUT2D eigenvalue weighted by molar-refractivity contribution is -0.150. The van der Waals surface area contributed by atoms with Crippen molar-refractivity contribution in [2.24, 2.45) is 11.8 Å². The monoisotopic (exact) mass is 649 g/mol. The zero-order chi connectivity index (χ0) is 34.2. The number of nitrogens with zero attached hydrogens (tertiary/aromatic N) is 1. The quantitative estimate of drug-likeness (QED) is 0.218. The maximum absolute atomic E-state index is 13.1. The second kappa shape index (κ2) is 15.6. The van der Waals surface area contributed by atoms with E-state index in [0.29, 0.717) is 12.8 Å². The standard InChI is InChI=1S/C34H43N5O8/c1-19(2)29(31(42)35-16-27(40)38-30(20(3)4)32(43)39-15-9-14-26(39)33(44)45)37-28(41)17-36-34(46)47-18-25-23-12-7-5-10-21(23)22-11-6-8-13-24(22)25/h5-8,10-13,19-20,25-26,29-30H,9,14-18H2,1-4H3,(H,35,42)(H,36,46)(H,37,41)(H,38,40)(H,44,45)/t26-,29-,30-/m0/s1. The summed E-state index contributed by atoms with van der Waals surface area (Å²) < 4.78 is 5.46. The van der Waals surface area contributed by atoms with Crippen molar-refractivity contribution in [1.82, 2.24) is 26.2 Å². The number of aliphatic carboxylic acids is 1. The fourth-order valence-electron chi connectivity index (χ4n) is 6.04. The molecule has 13 nitrogen and oxygen atoms in total. The zero-order valence-electron chi connectivity index (χ0n) is 27.1. The Bertz CT molecular complexity index is 1460. The summed E-state index contributed by atoms with van der Waals surface area (Å²) in [6, 6.07) is 12.9. The van der Waals surface area contributed by atoms with Crippen molar-refractivity contribution in [1.29, 1.82) is 0 Å². The van der Waals surface area contributed by atoms with E-state index in [0.717, 1.165) is 22.3 Å². The fourth-order valence-corrected chi connectivity index (χ4v) is 6.04. The Morgan fingerprint density at radius 3 is 1.89 bits per heavy atom. The highest BCUT2D eigenvalue weighted by atomic mass is 16.5. The fraction of sp³-hybridized carbons (Fsp3) is 0.471. The smallest absolute Gasteiger partial charge is 0.407 e. The van der Waals surface area contributed by atoms with Gasteiger partial charge in [0.05, 0.1) is 6.54 Å². The minimum absolute atomic E-state index is 0.0853. The predicted octanol–water partition coefficient (Wildman–Crippen LogP) is 2.00. The van der Waals surface area contributed by atoms with Crippen LogP contribution in [0.15, 0.2) is 48.5 Å². The van der Waals surface area contributed by atoms with Gasteiger partial charge < -0.3 is 36.0 Å². The Morgan fingerprint density at radius 1 is 0.809 bits per heavy atom. The average molecular weight is 650 g/mol. The molecule has 0 bridgehead atoms. The Kier molecular flexibility index (Phi) is 11.6. The van der Waals surface area contributed by atoms with E-state index in [9.17, 15) is 33.9 Å². The predicted molar refractivity (Wildman–Crippen MR) is 172 cm³/mol. The molecule has 0 radical (unpaired) electrons. The maximum atomic E-state index is 13.1. The number of hydrogen-bond donors (Lipinski definition) is 5. The first-order chi connectivity index (χ1) is 22.4. The molecular formula is C34H43N5O8. The van der Waals surface area contributed by atoms with Gasteiger partial charge in [0, 0.05) is 12.5 Å². The third-order valence-corrected chi connectivity index (χ3v) is 8.50. The highest BCUT2D eigenvalue weighted by molar-refractivity contribution is 5.94. The van der Waals surface area contributed by atoms with Gasteiger partial charge in [0.25, 0.3) is 0 Å². The summed E-state index contributed by atoms with van der Waals surface area (Å²) in [4.78, 5) is 76.7. The van der Waals surface area contributed by atoms with Crippen molar-refractivity contribution in [2.45, 2.75) is 64.6 Å². The number of carboxylic acid groups (broad SMARTS) is 1. The third kappa shape index (κ3) is 8.46. The van der Waals surface area contributed by atoms with Gasteiger partial charge in [-0.2, -0.15) is 0 Å². The van der Waals surface area contributed by atoms with Gasteiger partial charge in [-0.1, -0.05) is 76.2 Å². The Morgan fingerprint density at radius 2 is 1.34 bits per heavy atom. The van der Waals surface area contributed by atoms with E-state index in [1.807, 2.05) is 48.5 Å². The first-order valence-electron chi connectivity index (χ1n) is 15.9. The number of carbonyl (C=O) groups is 6. The van der Waals surface area contributed by atoms with Gasteiger partial charge in [-0.05, 0) is 46.9 Å². The van der Waals surface area contributed by atoms with Gasteiger partial charge in [-0.25, -0.2) is 9.59 Å². The van der Waals surface area contributed by atoms with Crippen molar-refractivity contribution in [3.05, 3.63) is 59.7 Å². The molecule has 4 rings (SSSR count). The van der Waals surface area contributed by atoms with Crippen LogP contribution in [0.25, 0.3) is 11.1 Å². The van der Waals surface area contributed by atoms with Crippen LogP contribution in [0.5, 0.6) is 0 Å². The van der Waals surface area contributed by atoms with Crippen molar-refractivity contribution in [3.63, 3.8) is 0 Å². The summed E-state index contributed by atoms with van der Waals surface area (Å²) in [6.45, 7) is 6.37. The van der Waals surface area contributed by atoms with Gasteiger partial charge in [-0.15, -0.1) is 0 Å². The number of carboxylic acids is 1. The Labute approximate surface area is 273 Å². The van der Waals surface area contributed by atoms with E-state index in [1.165, 1.54) is 4.90 Å². The van der Waals surface area contributed by atoms with Crippen molar-refractivity contribution in [3.8, 4) is 11.1 Å². The number of benzene rings is 2. The number of likely N-dealkylation sites (tertiary alicyclic amines) is 1. The van der Waals surface area contributed by atoms with E-state index in [4.69, 9.17) is 4.74 Å². The highest BCUT2D eigenvalue weighted by Crippen LogP contribution is 2.44. The van der Waals surface area contributed by atoms with Crippen LogP contribution in [-0.4, -0.2) is 90.1 Å². The topological polar surface area (TPSA) is 183 Å². The third-order valence-electron chi connectivity index (χ3n) is 8.50. The summed E-state index contributed by atoms with van der Waals surface area (Å²) in [5.74, 6) is -4.28. The molecule has 5 amide bonds. The molecule has 1 saturated heterocycles. The number of ether oxygens (including phenoxy) is 1. The number of carbonyl (C=O) groups excluding carboxylic acids is 5. The van der Waals surface area contributed by atoms with E-state index >= 15 is 0 Å². The van der Waals surface area contributed by atoms with E-state index in [1.54, 1.807) is 27.7 Å². The largest absolute Gasteiger partial charge is 0.480 e. The van der Waals surface area contributed by atoms with E-state index in [-0.39, 0.29) is 30.9 Å². The maximum Gasteiger partial charge on any atom is 0.407 e. The molecule has 0 spiro atoms. The van der Waals surface area contributed by atoms with Crippen LogP contribution in [0.4, 0.5) is 4.79 Å². The summed E-state index contributed by atoms with van der Waals surface area (Å²) in [7, 11) is 0. The molecule has 0 unspecified atom stereocenters. The number of nitrogens with one attached hydrogen (secondary N) is 4. The van der Waals surface area contributed by atoms with Gasteiger partial charge >= 0.3 is 12.1 Å². The second-order valence-electron chi connectivity index (χ2n) is 12.5. The molecule has 2 aliphatic rings. The number of amides is 5. The minimum atomic E-state index is -1.09. The molecule has 1 fully saturated rings. The van der Waals surface area contributed by atoms with Crippen LogP contribution < -0.4 is 21.3 Å². The SMILES string of the molecule is CC(C)[C@H](NC(=O)CNC(=O)OCC1c2ccccc2-c2ccccc21)C(=O)NCC(=O)N[C@H](C(=O)N1CCC[C@H]1C(=O)O)C(C)C. The normalized spacial score (nSPS) is 16.6. The summed E-state index contributed by atoms with van der Waals surface area (Å²) in [5.41, 5.74) is 4.30. The number of alkyl carbamates (subject to hydrolysis) is 1.